The third-order valence-electron chi connectivity index (χ3n) is 2.81. The molecule has 1 aromatic carbocycles. The number of hydrogen-bond acceptors (Lipinski definition) is 3. The second-order valence-corrected chi connectivity index (χ2v) is 4.77. The molecule has 0 fully saturated rings. The van der Waals surface area contributed by atoms with E-state index in [9.17, 15) is 0 Å². The molecule has 2 rings (SSSR count). The fourth-order valence-electron chi connectivity index (χ4n) is 2.01. The smallest absolute Gasteiger partial charge is 0.125 e. The van der Waals surface area contributed by atoms with Crippen LogP contribution < -0.4 is 10.1 Å². The molecule has 1 heterocycles. The first kappa shape index (κ1) is 12.5. The van der Waals surface area contributed by atoms with Crippen LogP contribution in [0.4, 0.5) is 0 Å². The lowest BCUT2D eigenvalue weighted by Crippen LogP contribution is -2.19. The first-order valence-corrected chi connectivity index (χ1v) is 6.39. The van der Waals surface area contributed by atoms with Gasteiger partial charge in [-0.1, -0.05) is 22.0 Å². The maximum absolute atomic E-state index is 5.62. The Hall–Kier alpha value is -1.00. The average Bonchev–Trinajstić information content (AvgIpc) is 2.85. The number of likely N-dealkylation sites (N-methyl/N-ethyl adjacent to an activating group) is 1. The van der Waals surface area contributed by atoms with Crippen molar-refractivity contribution in [3.63, 3.8) is 0 Å². The van der Waals surface area contributed by atoms with E-state index in [2.05, 4.69) is 27.3 Å². The lowest BCUT2D eigenvalue weighted by molar-refractivity contribution is 0.216. The van der Waals surface area contributed by atoms with E-state index < -0.39 is 0 Å². The number of halogens is 1. The zero-order valence-electron chi connectivity index (χ0n) is 10.00. The van der Waals surface area contributed by atoms with E-state index in [0.29, 0.717) is 0 Å². The summed E-state index contributed by atoms with van der Waals surface area (Å²) in [7, 11) is 3.61. The molecule has 0 spiro atoms. The van der Waals surface area contributed by atoms with E-state index in [1.807, 2.05) is 25.2 Å². The van der Waals surface area contributed by atoms with E-state index in [1.165, 1.54) is 0 Å². The molecule has 92 valence electrons. The molecule has 17 heavy (non-hydrogen) atoms. The highest BCUT2D eigenvalue weighted by atomic mass is 79.9. The summed E-state index contributed by atoms with van der Waals surface area (Å²) >= 11 is 3.45. The summed E-state index contributed by atoms with van der Waals surface area (Å²) in [6, 6.07) is 6.08. The van der Waals surface area contributed by atoms with Crippen molar-refractivity contribution in [2.24, 2.45) is 0 Å². The Morgan fingerprint density at radius 1 is 1.47 bits per heavy atom. The summed E-state index contributed by atoms with van der Waals surface area (Å²) in [6.07, 6.45) is 3.11. The largest absolute Gasteiger partial charge is 0.496 e. The molecule has 0 radical (unpaired) electrons. The van der Waals surface area contributed by atoms with Crippen LogP contribution in [0.1, 0.15) is 18.0 Å². The molecule has 0 aliphatic carbocycles. The molecule has 1 aliphatic heterocycles. The van der Waals surface area contributed by atoms with Crippen molar-refractivity contribution in [1.29, 1.82) is 0 Å². The summed E-state index contributed by atoms with van der Waals surface area (Å²) in [5.41, 5.74) is 1.09. The van der Waals surface area contributed by atoms with E-state index in [0.717, 1.165) is 34.6 Å². The van der Waals surface area contributed by atoms with Crippen LogP contribution in [0.3, 0.4) is 0 Å². The highest BCUT2D eigenvalue weighted by Crippen LogP contribution is 2.34. The van der Waals surface area contributed by atoms with Gasteiger partial charge in [0, 0.05) is 16.5 Å². The lowest BCUT2D eigenvalue weighted by atomic mass is 10.0. The number of hydrogen-bond donors (Lipinski definition) is 1. The van der Waals surface area contributed by atoms with Crippen molar-refractivity contribution >= 4 is 15.9 Å². The van der Waals surface area contributed by atoms with Crippen molar-refractivity contribution in [2.45, 2.75) is 12.5 Å². The first-order chi connectivity index (χ1) is 8.26. The van der Waals surface area contributed by atoms with E-state index in [1.54, 1.807) is 7.11 Å². The molecule has 0 amide bonds. The predicted molar refractivity (Wildman–Crippen MR) is 71.1 cm³/mol. The van der Waals surface area contributed by atoms with Crippen LogP contribution in [0.2, 0.25) is 0 Å². The van der Waals surface area contributed by atoms with Gasteiger partial charge in [0.15, 0.2) is 0 Å². The molecule has 0 saturated heterocycles. The van der Waals surface area contributed by atoms with Crippen molar-refractivity contribution in [2.75, 3.05) is 20.8 Å². The summed E-state index contributed by atoms with van der Waals surface area (Å²) in [6.45, 7) is 0.770. The van der Waals surface area contributed by atoms with E-state index >= 15 is 0 Å². The van der Waals surface area contributed by atoms with Crippen LogP contribution in [0, 0.1) is 0 Å². The van der Waals surface area contributed by atoms with E-state index in [4.69, 9.17) is 9.47 Å². The fourth-order valence-corrected chi connectivity index (χ4v) is 2.35. The molecule has 1 aromatic rings. The van der Waals surface area contributed by atoms with Gasteiger partial charge < -0.3 is 14.8 Å². The minimum atomic E-state index is 0.0561. The number of nitrogens with one attached hydrogen (secondary N) is 1. The van der Waals surface area contributed by atoms with Gasteiger partial charge >= 0.3 is 0 Å². The van der Waals surface area contributed by atoms with Crippen molar-refractivity contribution in [3.8, 4) is 5.75 Å². The third-order valence-corrected chi connectivity index (χ3v) is 3.31. The quantitative estimate of drug-likeness (QED) is 0.927. The summed E-state index contributed by atoms with van der Waals surface area (Å²) in [4.78, 5) is 0. The SMILES string of the molecule is CNC(C1=CCCO1)c1ccc(Br)cc1OC. The van der Waals surface area contributed by atoms with Gasteiger partial charge in [-0.3, -0.25) is 0 Å². The van der Waals surface area contributed by atoms with Gasteiger partial charge in [0.25, 0.3) is 0 Å². The normalized spacial score (nSPS) is 16.3. The average molecular weight is 298 g/mol. The van der Waals surface area contributed by atoms with Crippen molar-refractivity contribution in [3.05, 3.63) is 40.1 Å². The minimum absolute atomic E-state index is 0.0561. The molecule has 1 unspecified atom stereocenters. The summed E-state index contributed by atoms with van der Waals surface area (Å²) < 4.78 is 12.0. The number of methoxy groups -OCH3 is 1. The van der Waals surface area contributed by atoms with Gasteiger partial charge in [-0.15, -0.1) is 0 Å². The molecule has 0 bridgehead atoms. The molecular weight excluding hydrogens is 282 g/mol. The molecule has 3 nitrogen and oxygen atoms in total. The van der Waals surface area contributed by atoms with Crippen LogP contribution >= 0.6 is 15.9 Å². The fraction of sp³-hybridized carbons (Fsp3) is 0.385. The zero-order chi connectivity index (χ0) is 12.3. The molecule has 4 heteroatoms. The maximum Gasteiger partial charge on any atom is 0.125 e. The summed E-state index contributed by atoms with van der Waals surface area (Å²) in [5.74, 6) is 1.84. The molecule has 0 aromatic heterocycles. The van der Waals surface area contributed by atoms with Gasteiger partial charge in [0.1, 0.15) is 11.5 Å². The third kappa shape index (κ3) is 2.64. The van der Waals surface area contributed by atoms with Gasteiger partial charge in [-0.25, -0.2) is 0 Å². The molecule has 0 saturated carbocycles. The molecule has 1 aliphatic rings. The molecule has 1 atom stereocenters. The van der Waals surface area contributed by atoms with Crippen LogP contribution in [0.25, 0.3) is 0 Å². The Morgan fingerprint density at radius 3 is 2.88 bits per heavy atom. The monoisotopic (exact) mass is 297 g/mol. The van der Waals surface area contributed by atoms with Crippen molar-refractivity contribution < 1.29 is 9.47 Å². The van der Waals surface area contributed by atoms with Gasteiger partial charge in [-0.2, -0.15) is 0 Å². The van der Waals surface area contributed by atoms with Crippen LogP contribution in [-0.2, 0) is 4.74 Å². The van der Waals surface area contributed by atoms with Crippen LogP contribution in [-0.4, -0.2) is 20.8 Å². The topological polar surface area (TPSA) is 30.5 Å². The number of rotatable bonds is 4. The molecule has 1 N–H and O–H groups in total. The summed E-state index contributed by atoms with van der Waals surface area (Å²) in [5, 5.41) is 3.27. The van der Waals surface area contributed by atoms with Gasteiger partial charge in [0.05, 0.1) is 19.8 Å². The Balaban J connectivity index is 2.36. The highest BCUT2D eigenvalue weighted by Gasteiger charge is 2.22. The standard InChI is InChI=1S/C13H16BrNO2/c1-15-13(11-4-3-7-17-11)10-6-5-9(14)8-12(10)16-2/h4-6,8,13,15H,3,7H2,1-2H3. The highest BCUT2D eigenvalue weighted by molar-refractivity contribution is 9.10. The second kappa shape index (κ2) is 5.56. The van der Waals surface area contributed by atoms with Crippen LogP contribution in [0.5, 0.6) is 5.75 Å². The lowest BCUT2D eigenvalue weighted by Gasteiger charge is -2.20. The van der Waals surface area contributed by atoms with Gasteiger partial charge in [-0.05, 0) is 25.3 Å². The Kier molecular flexibility index (Phi) is 4.07. The Labute approximate surface area is 110 Å². The number of benzene rings is 1. The molecular formula is C13H16BrNO2. The maximum atomic E-state index is 5.62. The zero-order valence-corrected chi connectivity index (χ0v) is 11.6. The first-order valence-electron chi connectivity index (χ1n) is 5.60. The predicted octanol–water partition coefficient (Wildman–Crippen LogP) is 3.02. The second-order valence-electron chi connectivity index (χ2n) is 3.85. The Bertz CT molecular complexity index is 431. The van der Waals surface area contributed by atoms with E-state index in [-0.39, 0.29) is 6.04 Å². The number of ether oxygens (including phenoxy) is 2. The van der Waals surface area contributed by atoms with Gasteiger partial charge in [0.2, 0.25) is 0 Å². The van der Waals surface area contributed by atoms with Crippen LogP contribution in [0.15, 0.2) is 34.5 Å². The minimum Gasteiger partial charge on any atom is -0.496 e. The van der Waals surface area contributed by atoms with Crippen molar-refractivity contribution in [1.82, 2.24) is 5.32 Å². The Morgan fingerprint density at radius 2 is 2.29 bits per heavy atom.